The second-order valence-corrected chi connectivity index (χ2v) is 4.81. The van der Waals surface area contributed by atoms with E-state index in [2.05, 4.69) is 24.1 Å². The summed E-state index contributed by atoms with van der Waals surface area (Å²) >= 11 is 0. The fourth-order valence-electron chi connectivity index (χ4n) is 2.03. The molecule has 0 atom stereocenters. The van der Waals surface area contributed by atoms with E-state index in [4.69, 9.17) is 5.11 Å². The largest absolute Gasteiger partial charge is 0.395 e. The molecule has 3 heteroatoms. The molecular weight excluding hydrogens is 188 g/mol. The van der Waals surface area contributed by atoms with Gasteiger partial charge in [-0.15, -0.1) is 0 Å². The summed E-state index contributed by atoms with van der Waals surface area (Å²) in [4.78, 5) is 2.45. The standard InChI is InChI=1S/C12H26N2O/c1-11(2)13-7-4-8-14(9-10-15)12-5-3-6-12/h11-13,15H,3-10H2,1-2H3. The third-order valence-electron chi connectivity index (χ3n) is 3.15. The van der Waals surface area contributed by atoms with Crippen molar-refractivity contribution in [3.05, 3.63) is 0 Å². The number of aliphatic hydroxyl groups excluding tert-OH is 1. The van der Waals surface area contributed by atoms with Crippen LogP contribution < -0.4 is 5.32 Å². The van der Waals surface area contributed by atoms with Crippen molar-refractivity contribution in [1.29, 1.82) is 0 Å². The summed E-state index contributed by atoms with van der Waals surface area (Å²) in [5.74, 6) is 0. The molecule has 0 amide bonds. The quantitative estimate of drug-likeness (QED) is 0.596. The normalized spacial score (nSPS) is 17.4. The van der Waals surface area contributed by atoms with Crippen LogP contribution in [0.15, 0.2) is 0 Å². The van der Waals surface area contributed by atoms with Crippen LogP contribution in [0, 0.1) is 0 Å². The number of rotatable bonds is 8. The summed E-state index contributed by atoms with van der Waals surface area (Å²) in [5.41, 5.74) is 0. The molecule has 0 spiro atoms. The number of nitrogens with zero attached hydrogens (tertiary/aromatic N) is 1. The molecule has 1 rings (SSSR count). The fourth-order valence-corrected chi connectivity index (χ4v) is 2.03. The van der Waals surface area contributed by atoms with Crippen LogP contribution in [0.5, 0.6) is 0 Å². The van der Waals surface area contributed by atoms with E-state index in [1.54, 1.807) is 0 Å². The SMILES string of the molecule is CC(C)NCCCN(CCO)C1CCC1. The number of aliphatic hydroxyl groups is 1. The third-order valence-corrected chi connectivity index (χ3v) is 3.15. The zero-order chi connectivity index (χ0) is 11.1. The Balaban J connectivity index is 2.08. The maximum absolute atomic E-state index is 8.99. The lowest BCUT2D eigenvalue weighted by Gasteiger charge is -2.37. The van der Waals surface area contributed by atoms with Gasteiger partial charge in [-0.05, 0) is 32.4 Å². The van der Waals surface area contributed by atoms with Crippen LogP contribution in [0.4, 0.5) is 0 Å². The van der Waals surface area contributed by atoms with Crippen LogP contribution in [0.3, 0.4) is 0 Å². The smallest absolute Gasteiger partial charge is 0.0558 e. The molecule has 0 aromatic heterocycles. The molecule has 3 nitrogen and oxygen atoms in total. The first-order chi connectivity index (χ1) is 7.24. The molecule has 0 saturated heterocycles. The number of hydrogen-bond donors (Lipinski definition) is 2. The molecule has 1 fully saturated rings. The second-order valence-electron chi connectivity index (χ2n) is 4.81. The predicted molar refractivity (Wildman–Crippen MR) is 64.1 cm³/mol. The number of hydrogen-bond acceptors (Lipinski definition) is 3. The molecule has 15 heavy (non-hydrogen) atoms. The molecule has 0 aromatic rings. The Bertz CT molecular complexity index is 158. The zero-order valence-electron chi connectivity index (χ0n) is 10.2. The van der Waals surface area contributed by atoms with E-state index < -0.39 is 0 Å². The van der Waals surface area contributed by atoms with Crippen LogP contribution in [0.1, 0.15) is 39.5 Å². The molecule has 0 aliphatic heterocycles. The highest BCUT2D eigenvalue weighted by Gasteiger charge is 2.23. The minimum Gasteiger partial charge on any atom is -0.395 e. The Kier molecular flexibility index (Phi) is 6.22. The third kappa shape index (κ3) is 4.96. The summed E-state index contributed by atoms with van der Waals surface area (Å²) in [7, 11) is 0. The topological polar surface area (TPSA) is 35.5 Å². The van der Waals surface area contributed by atoms with Crippen molar-refractivity contribution < 1.29 is 5.11 Å². The lowest BCUT2D eigenvalue weighted by molar-refractivity contribution is 0.100. The van der Waals surface area contributed by atoms with Gasteiger partial charge in [-0.3, -0.25) is 4.90 Å². The van der Waals surface area contributed by atoms with Gasteiger partial charge in [0.05, 0.1) is 6.61 Å². The average molecular weight is 214 g/mol. The van der Waals surface area contributed by atoms with Gasteiger partial charge in [-0.25, -0.2) is 0 Å². The van der Waals surface area contributed by atoms with Gasteiger partial charge in [0, 0.05) is 18.6 Å². The Hall–Kier alpha value is -0.120. The van der Waals surface area contributed by atoms with Crippen LogP contribution in [0.25, 0.3) is 0 Å². The molecule has 1 aliphatic carbocycles. The molecule has 2 N–H and O–H groups in total. The maximum atomic E-state index is 8.99. The zero-order valence-corrected chi connectivity index (χ0v) is 10.2. The summed E-state index contributed by atoms with van der Waals surface area (Å²) in [6.07, 6.45) is 5.22. The van der Waals surface area contributed by atoms with E-state index in [9.17, 15) is 0 Å². The van der Waals surface area contributed by atoms with Crippen LogP contribution in [-0.4, -0.2) is 48.3 Å². The summed E-state index contributed by atoms with van der Waals surface area (Å²) in [6.45, 7) is 7.73. The van der Waals surface area contributed by atoms with Gasteiger partial charge < -0.3 is 10.4 Å². The molecule has 0 heterocycles. The molecule has 0 bridgehead atoms. The van der Waals surface area contributed by atoms with Gasteiger partial charge in [0.1, 0.15) is 0 Å². The van der Waals surface area contributed by atoms with E-state index in [0.717, 1.165) is 25.7 Å². The molecule has 0 aromatic carbocycles. The molecule has 1 aliphatic rings. The average Bonchev–Trinajstić information content (AvgIpc) is 2.09. The van der Waals surface area contributed by atoms with Crippen LogP contribution in [0.2, 0.25) is 0 Å². The lowest BCUT2D eigenvalue weighted by Crippen LogP contribution is -2.43. The minimum atomic E-state index is 0.300. The molecule has 0 unspecified atom stereocenters. The summed E-state index contributed by atoms with van der Waals surface area (Å²) in [5, 5.41) is 12.4. The molecule has 0 radical (unpaired) electrons. The van der Waals surface area contributed by atoms with Crippen molar-refractivity contribution in [2.75, 3.05) is 26.2 Å². The lowest BCUT2D eigenvalue weighted by atomic mass is 9.91. The first kappa shape index (κ1) is 12.9. The Morgan fingerprint density at radius 1 is 1.33 bits per heavy atom. The maximum Gasteiger partial charge on any atom is 0.0558 e. The van der Waals surface area contributed by atoms with Crippen molar-refractivity contribution >= 4 is 0 Å². The van der Waals surface area contributed by atoms with E-state index >= 15 is 0 Å². The summed E-state index contributed by atoms with van der Waals surface area (Å²) in [6, 6.07) is 1.34. The van der Waals surface area contributed by atoms with E-state index in [-0.39, 0.29) is 0 Å². The fraction of sp³-hybridized carbons (Fsp3) is 1.00. The molecular formula is C12H26N2O. The van der Waals surface area contributed by atoms with Gasteiger partial charge >= 0.3 is 0 Å². The van der Waals surface area contributed by atoms with Gasteiger partial charge in [-0.1, -0.05) is 20.3 Å². The van der Waals surface area contributed by atoms with Gasteiger partial charge in [0.15, 0.2) is 0 Å². The summed E-state index contributed by atoms with van der Waals surface area (Å²) < 4.78 is 0. The number of nitrogens with one attached hydrogen (secondary N) is 1. The first-order valence-electron chi connectivity index (χ1n) is 6.32. The van der Waals surface area contributed by atoms with Crippen molar-refractivity contribution in [2.24, 2.45) is 0 Å². The van der Waals surface area contributed by atoms with Gasteiger partial charge in [-0.2, -0.15) is 0 Å². The molecule has 90 valence electrons. The Morgan fingerprint density at radius 2 is 2.07 bits per heavy atom. The predicted octanol–water partition coefficient (Wildman–Crippen LogP) is 1.22. The highest BCUT2D eigenvalue weighted by Crippen LogP contribution is 2.24. The Morgan fingerprint density at radius 3 is 2.53 bits per heavy atom. The van der Waals surface area contributed by atoms with Crippen molar-refractivity contribution in [3.63, 3.8) is 0 Å². The van der Waals surface area contributed by atoms with Gasteiger partial charge in [0.2, 0.25) is 0 Å². The second kappa shape index (κ2) is 7.20. The van der Waals surface area contributed by atoms with E-state index in [1.807, 2.05) is 0 Å². The van der Waals surface area contributed by atoms with Crippen molar-refractivity contribution in [1.82, 2.24) is 10.2 Å². The van der Waals surface area contributed by atoms with Crippen molar-refractivity contribution in [3.8, 4) is 0 Å². The minimum absolute atomic E-state index is 0.300. The highest BCUT2D eigenvalue weighted by molar-refractivity contribution is 4.79. The first-order valence-corrected chi connectivity index (χ1v) is 6.32. The molecule has 1 saturated carbocycles. The van der Waals surface area contributed by atoms with Crippen LogP contribution in [-0.2, 0) is 0 Å². The van der Waals surface area contributed by atoms with Gasteiger partial charge in [0.25, 0.3) is 0 Å². The van der Waals surface area contributed by atoms with E-state index in [0.29, 0.717) is 12.6 Å². The van der Waals surface area contributed by atoms with Crippen LogP contribution >= 0.6 is 0 Å². The monoisotopic (exact) mass is 214 g/mol. The Labute approximate surface area is 93.9 Å². The highest BCUT2D eigenvalue weighted by atomic mass is 16.3. The van der Waals surface area contributed by atoms with Crippen molar-refractivity contribution in [2.45, 2.75) is 51.6 Å². The van der Waals surface area contributed by atoms with E-state index in [1.165, 1.54) is 25.7 Å².